The normalized spacial score (nSPS) is 10.8. The molecule has 0 amide bonds. The van der Waals surface area contributed by atoms with Crippen molar-refractivity contribution in [3.05, 3.63) is 52.1 Å². The van der Waals surface area contributed by atoms with Gasteiger partial charge in [-0.05, 0) is 76.7 Å². The van der Waals surface area contributed by atoms with E-state index in [2.05, 4.69) is 64.0 Å². The van der Waals surface area contributed by atoms with Crippen molar-refractivity contribution in [2.24, 2.45) is 0 Å². The number of hydrogen-bond acceptors (Lipinski definition) is 1. The predicted molar refractivity (Wildman–Crippen MR) is 83.0 cm³/mol. The van der Waals surface area contributed by atoms with Crippen LogP contribution < -0.4 is 4.74 Å². The molecule has 0 aliphatic carbocycles. The third-order valence-corrected chi connectivity index (χ3v) is 3.65. The van der Waals surface area contributed by atoms with E-state index in [4.69, 9.17) is 4.74 Å². The zero-order valence-corrected chi connectivity index (χ0v) is 12.1. The summed E-state index contributed by atoms with van der Waals surface area (Å²) in [6.07, 6.45) is 0. The summed E-state index contributed by atoms with van der Waals surface area (Å²) in [7, 11) is 1.68. The van der Waals surface area contributed by atoms with E-state index in [9.17, 15) is 0 Å². The Morgan fingerprint density at radius 1 is 1.00 bits per heavy atom. The molecule has 3 rings (SSSR count). The second kappa shape index (κ2) is 4.65. The summed E-state index contributed by atoms with van der Waals surface area (Å²) in [4.78, 5) is 3.43. The molecule has 0 saturated carbocycles. The van der Waals surface area contributed by atoms with Gasteiger partial charge in [-0.1, -0.05) is 0 Å². The number of H-pyrrole nitrogens is 1. The van der Waals surface area contributed by atoms with E-state index in [1.165, 1.54) is 20.0 Å². The molecule has 0 aliphatic rings. The Morgan fingerprint density at radius 2 is 1.78 bits per heavy atom. The average molecular weight is 347 g/mol. The summed E-state index contributed by atoms with van der Waals surface area (Å²) in [6.45, 7) is 0. The molecule has 1 heterocycles. The standard InChI is InChI=1S/C15H12INO/c1-18-13-5-2-10(3-6-13)15-9-11-8-12(16)4-7-14(11)17-15/h2-9,17H,1H3/i16-2. The lowest BCUT2D eigenvalue weighted by Crippen LogP contribution is -1.82. The minimum atomic E-state index is 0.879. The number of halogens is 1. The number of benzene rings is 2. The quantitative estimate of drug-likeness (QED) is 0.681. The van der Waals surface area contributed by atoms with Crippen molar-refractivity contribution in [3.8, 4) is 17.0 Å². The van der Waals surface area contributed by atoms with Crippen LogP contribution in [0, 0.1) is 3.57 Å². The minimum absolute atomic E-state index is 0.879. The van der Waals surface area contributed by atoms with E-state index in [-0.39, 0.29) is 0 Å². The first-order chi connectivity index (χ1) is 8.76. The van der Waals surface area contributed by atoms with Gasteiger partial charge < -0.3 is 9.72 Å². The van der Waals surface area contributed by atoms with Gasteiger partial charge in [0.15, 0.2) is 0 Å². The van der Waals surface area contributed by atoms with Crippen molar-refractivity contribution < 1.29 is 4.74 Å². The summed E-state index contributed by atoms with van der Waals surface area (Å²) in [6, 6.07) is 16.7. The van der Waals surface area contributed by atoms with Crippen molar-refractivity contribution >= 4 is 33.5 Å². The van der Waals surface area contributed by atoms with Crippen LogP contribution in [0.25, 0.3) is 22.2 Å². The molecular weight excluding hydrogens is 335 g/mol. The smallest absolute Gasteiger partial charge is 0.118 e. The average Bonchev–Trinajstić information content (AvgIpc) is 2.81. The van der Waals surface area contributed by atoms with Gasteiger partial charge in [-0.25, -0.2) is 0 Å². The van der Waals surface area contributed by atoms with Crippen molar-refractivity contribution in [2.45, 2.75) is 0 Å². The number of hydrogen-bond donors (Lipinski definition) is 1. The fourth-order valence-electron chi connectivity index (χ4n) is 2.03. The van der Waals surface area contributed by atoms with E-state index in [0.717, 1.165) is 11.4 Å². The van der Waals surface area contributed by atoms with Gasteiger partial charge in [0.25, 0.3) is 0 Å². The van der Waals surface area contributed by atoms with Crippen LogP contribution in [0.3, 0.4) is 0 Å². The largest absolute Gasteiger partial charge is 0.497 e. The Bertz CT molecular complexity index is 685. The highest BCUT2D eigenvalue weighted by Gasteiger charge is 2.03. The lowest BCUT2D eigenvalue weighted by molar-refractivity contribution is 0.415. The highest BCUT2D eigenvalue weighted by atomic mass is 125. The molecule has 0 bridgehead atoms. The van der Waals surface area contributed by atoms with E-state index in [0.29, 0.717) is 0 Å². The van der Waals surface area contributed by atoms with E-state index in [1.807, 2.05) is 12.1 Å². The second-order valence-corrected chi connectivity index (χ2v) is 5.39. The fraction of sp³-hybridized carbons (Fsp3) is 0.0667. The van der Waals surface area contributed by atoms with Crippen LogP contribution >= 0.6 is 22.6 Å². The van der Waals surface area contributed by atoms with Gasteiger partial charge in [-0.2, -0.15) is 0 Å². The van der Waals surface area contributed by atoms with Crippen LogP contribution in [0.5, 0.6) is 5.75 Å². The lowest BCUT2D eigenvalue weighted by atomic mass is 10.1. The number of ether oxygens (including phenoxy) is 1. The second-order valence-electron chi connectivity index (χ2n) is 4.14. The first-order valence-electron chi connectivity index (χ1n) is 5.69. The third kappa shape index (κ3) is 2.10. The van der Waals surface area contributed by atoms with Gasteiger partial charge in [-0.3, -0.25) is 0 Å². The molecule has 18 heavy (non-hydrogen) atoms. The third-order valence-electron chi connectivity index (χ3n) is 2.98. The lowest BCUT2D eigenvalue weighted by Gasteiger charge is -2.01. The van der Waals surface area contributed by atoms with Crippen molar-refractivity contribution in [1.29, 1.82) is 0 Å². The van der Waals surface area contributed by atoms with Gasteiger partial charge in [0.1, 0.15) is 5.75 Å². The number of fused-ring (bicyclic) bond motifs is 1. The molecular formula is C15H12INO. The summed E-state index contributed by atoms with van der Waals surface area (Å²) < 4.78 is 6.42. The van der Waals surface area contributed by atoms with Crippen LogP contribution in [0.1, 0.15) is 0 Å². The summed E-state index contributed by atoms with van der Waals surface area (Å²) in [5.74, 6) is 0.879. The first kappa shape index (κ1) is 11.6. The molecule has 0 radical (unpaired) electrons. The minimum Gasteiger partial charge on any atom is -0.497 e. The molecule has 0 aliphatic heterocycles. The zero-order chi connectivity index (χ0) is 12.5. The Morgan fingerprint density at radius 3 is 2.50 bits per heavy atom. The van der Waals surface area contributed by atoms with Crippen molar-refractivity contribution in [1.82, 2.24) is 4.98 Å². The number of methoxy groups -OCH3 is 1. The van der Waals surface area contributed by atoms with E-state index >= 15 is 0 Å². The molecule has 3 heteroatoms. The topological polar surface area (TPSA) is 25.0 Å². The van der Waals surface area contributed by atoms with Crippen LogP contribution in [0.4, 0.5) is 0 Å². The van der Waals surface area contributed by atoms with Crippen LogP contribution in [0.15, 0.2) is 48.5 Å². The monoisotopic (exact) mass is 347 g/mol. The Balaban J connectivity index is 2.07. The summed E-state index contributed by atoms with van der Waals surface area (Å²) >= 11 is 2.33. The van der Waals surface area contributed by atoms with Gasteiger partial charge in [0.2, 0.25) is 0 Å². The van der Waals surface area contributed by atoms with Gasteiger partial charge in [-0.15, -0.1) is 0 Å². The van der Waals surface area contributed by atoms with Crippen LogP contribution in [-0.2, 0) is 0 Å². The zero-order valence-electron chi connectivity index (χ0n) is 9.91. The number of nitrogens with one attached hydrogen (secondary N) is 1. The van der Waals surface area contributed by atoms with Crippen LogP contribution in [0.2, 0.25) is 0 Å². The SMILES string of the molecule is COc1ccc(-c2cc3cc([125I])ccc3[nH]2)cc1. The maximum atomic E-state index is 5.17. The van der Waals surface area contributed by atoms with Gasteiger partial charge >= 0.3 is 0 Å². The maximum absolute atomic E-state index is 5.17. The summed E-state index contributed by atoms with van der Waals surface area (Å²) in [5, 5.41) is 1.24. The molecule has 3 aromatic rings. The fourth-order valence-corrected chi connectivity index (χ4v) is 2.54. The highest BCUT2D eigenvalue weighted by molar-refractivity contribution is 14.1. The number of aromatic nitrogens is 1. The molecule has 2 nitrogen and oxygen atoms in total. The molecule has 0 saturated heterocycles. The maximum Gasteiger partial charge on any atom is 0.118 e. The van der Waals surface area contributed by atoms with E-state index < -0.39 is 0 Å². The summed E-state index contributed by atoms with van der Waals surface area (Å²) in [5.41, 5.74) is 3.47. The van der Waals surface area contributed by atoms with Crippen molar-refractivity contribution in [3.63, 3.8) is 0 Å². The number of aromatic amines is 1. The molecule has 2 aromatic carbocycles. The Kier molecular flexibility index (Phi) is 2.99. The number of rotatable bonds is 2. The molecule has 0 spiro atoms. The molecule has 1 aromatic heterocycles. The van der Waals surface area contributed by atoms with Gasteiger partial charge in [0, 0.05) is 20.2 Å². The Labute approximate surface area is 119 Å². The predicted octanol–water partition coefficient (Wildman–Crippen LogP) is 4.45. The van der Waals surface area contributed by atoms with Crippen LogP contribution in [-0.4, -0.2) is 12.1 Å². The molecule has 90 valence electrons. The molecule has 1 N–H and O–H groups in total. The van der Waals surface area contributed by atoms with Crippen molar-refractivity contribution in [2.75, 3.05) is 7.11 Å². The Hall–Kier alpha value is -1.49. The highest BCUT2D eigenvalue weighted by Crippen LogP contribution is 2.26. The first-order valence-corrected chi connectivity index (χ1v) is 6.77. The van der Waals surface area contributed by atoms with Gasteiger partial charge in [0.05, 0.1) is 7.11 Å². The van der Waals surface area contributed by atoms with E-state index in [1.54, 1.807) is 7.11 Å². The molecule has 0 atom stereocenters. The molecule has 0 unspecified atom stereocenters. The molecule has 0 fully saturated rings.